The summed E-state index contributed by atoms with van der Waals surface area (Å²) < 4.78 is 15.6. The van der Waals surface area contributed by atoms with Gasteiger partial charge in [-0.1, -0.05) is 13.0 Å². The van der Waals surface area contributed by atoms with Crippen LogP contribution in [0.5, 0.6) is 0 Å². The molecule has 1 N–H and O–H groups in total. The van der Waals surface area contributed by atoms with Gasteiger partial charge in [0, 0.05) is 24.3 Å². The van der Waals surface area contributed by atoms with E-state index < -0.39 is 0 Å². The van der Waals surface area contributed by atoms with Crippen LogP contribution in [0, 0.1) is 19.7 Å². The molecule has 0 saturated carbocycles. The average molecular weight is 289 g/mol. The van der Waals surface area contributed by atoms with Gasteiger partial charge in [-0.05, 0) is 57.0 Å². The standard InChI is InChI=1S/C17H24FN3/c1-5-9-19-11-14-10-15(18)7-8-16(14)17-12(3)20-21(6-2)13(17)4/h7-8,10,19H,5-6,9,11H2,1-4H3. The van der Waals surface area contributed by atoms with Crippen molar-refractivity contribution in [3.63, 3.8) is 0 Å². The first-order valence-corrected chi connectivity index (χ1v) is 7.62. The molecule has 0 bridgehead atoms. The monoisotopic (exact) mass is 289 g/mol. The molecule has 0 saturated heterocycles. The Hall–Kier alpha value is -1.68. The summed E-state index contributed by atoms with van der Waals surface area (Å²) in [6, 6.07) is 5.02. The Balaban J connectivity index is 2.45. The van der Waals surface area contributed by atoms with Crippen molar-refractivity contribution >= 4 is 0 Å². The van der Waals surface area contributed by atoms with Crippen LogP contribution in [0.4, 0.5) is 4.39 Å². The van der Waals surface area contributed by atoms with Crippen molar-refractivity contribution in [1.82, 2.24) is 15.1 Å². The number of hydrogen-bond donors (Lipinski definition) is 1. The molecule has 0 fully saturated rings. The van der Waals surface area contributed by atoms with Crippen molar-refractivity contribution in [2.24, 2.45) is 0 Å². The number of hydrogen-bond acceptors (Lipinski definition) is 2. The molecular formula is C17H24FN3. The Morgan fingerprint density at radius 3 is 2.62 bits per heavy atom. The fourth-order valence-electron chi connectivity index (χ4n) is 2.75. The largest absolute Gasteiger partial charge is 0.313 e. The number of aromatic nitrogens is 2. The summed E-state index contributed by atoms with van der Waals surface area (Å²) in [5.41, 5.74) is 5.33. The Labute approximate surface area is 126 Å². The lowest BCUT2D eigenvalue weighted by Crippen LogP contribution is -2.14. The fourth-order valence-corrected chi connectivity index (χ4v) is 2.75. The fraction of sp³-hybridized carbons (Fsp3) is 0.471. The van der Waals surface area contributed by atoms with E-state index in [9.17, 15) is 4.39 Å². The third-order valence-electron chi connectivity index (χ3n) is 3.76. The van der Waals surface area contributed by atoms with Crippen LogP contribution in [-0.4, -0.2) is 16.3 Å². The second kappa shape index (κ2) is 6.85. The van der Waals surface area contributed by atoms with E-state index in [1.807, 2.05) is 17.7 Å². The Bertz CT molecular complexity index is 617. The molecule has 0 amide bonds. The van der Waals surface area contributed by atoms with E-state index in [4.69, 9.17) is 0 Å². The summed E-state index contributed by atoms with van der Waals surface area (Å²) >= 11 is 0. The molecule has 1 aromatic carbocycles. The number of halogens is 1. The topological polar surface area (TPSA) is 29.9 Å². The zero-order valence-electron chi connectivity index (χ0n) is 13.3. The summed E-state index contributed by atoms with van der Waals surface area (Å²) in [6.07, 6.45) is 1.07. The molecule has 0 aliphatic heterocycles. The number of nitrogens with zero attached hydrogens (tertiary/aromatic N) is 2. The first-order chi connectivity index (χ1) is 10.1. The van der Waals surface area contributed by atoms with Gasteiger partial charge in [-0.25, -0.2) is 4.39 Å². The zero-order valence-corrected chi connectivity index (χ0v) is 13.3. The summed E-state index contributed by atoms with van der Waals surface area (Å²) in [6.45, 7) is 10.7. The molecule has 1 heterocycles. The number of benzene rings is 1. The highest BCUT2D eigenvalue weighted by Gasteiger charge is 2.16. The Morgan fingerprint density at radius 1 is 1.24 bits per heavy atom. The third kappa shape index (κ3) is 3.32. The first-order valence-electron chi connectivity index (χ1n) is 7.62. The van der Waals surface area contributed by atoms with Crippen molar-refractivity contribution in [3.05, 3.63) is 41.0 Å². The number of rotatable bonds is 6. The van der Waals surface area contributed by atoms with Crippen LogP contribution in [0.2, 0.25) is 0 Å². The molecule has 3 nitrogen and oxygen atoms in total. The molecule has 2 rings (SSSR count). The van der Waals surface area contributed by atoms with Crippen LogP contribution >= 0.6 is 0 Å². The average Bonchev–Trinajstić information content (AvgIpc) is 2.74. The Kier molecular flexibility index (Phi) is 5.12. The Morgan fingerprint density at radius 2 is 2.00 bits per heavy atom. The minimum Gasteiger partial charge on any atom is -0.313 e. The van der Waals surface area contributed by atoms with Crippen LogP contribution < -0.4 is 5.32 Å². The van der Waals surface area contributed by atoms with Crippen molar-refractivity contribution in [1.29, 1.82) is 0 Å². The minimum atomic E-state index is -0.190. The second-order valence-electron chi connectivity index (χ2n) is 5.34. The molecule has 4 heteroatoms. The van der Waals surface area contributed by atoms with Gasteiger partial charge in [-0.15, -0.1) is 0 Å². The lowest BCUT2D eigenvalue weighted by atomic mass is 9.97. The lowest BCUT2D eigenvalue weighted by molar-refractivity contribution is 0.619. The number of nitrogens with one attached hydrogen (secondary N) is 1. The number of aryl methyl sites for hydroxylation is 2. The van der Waals surface area contributed by atoms with E-state index in [1.54, 1.807) is 6.07 Å². The predicted octanol–water partition coefficient (Wildman–Crippen LogP) is 3.83. The molecule has 21 heavy (non-hydrogen) atoms. The van der Waals surface area contributed by atoms with E-state index in [2.05, 4.69) is 31.2 Å². The van der Waals surface area contributed by atoms with Gasteiger partial charge in [-0.3, -0.25) is 4.68 Å². The molecule has 0 spiro atoms. The van der Waals surface area contributed by atoms with E-state index >= 15 is 0 Å². The van der Waals surface area contributed by atoms with Gasteiger partial charge in [0.15, 0.2) is 0 Å². The molecule has 0 radical (unpaired) electrons. The summed E-state index contributed by atoms with van der Waals surface area (Å²) in [5, 5.41) is 7.92. The molecule has 0 unspecified atom stereocenters. The molecule has 0 atom stereocenters. The molecule has 1 aromatic heterocycles. The van der Waals surface area contributed by atoms with Gasteiger partial charge in [0.2, 0.25) is 0 Å². The first kappa shape index (κ1) is 15.7. The maximum atomic E-state index is 13.6. The third-order valence-corrected chi connectivity index (χ3v) is 3.76. The van der Waals surface area contributed by atoms with E-state index in [-0.39, 0.29) is 5.82 Å². The van der Waals surface area contributed by atoms with Crippen molar-refractivity contribution in [3.8, 4) is 11.1 Å². The van der Waals surface area contributed by atoms with Crippen LogP contribution in [0.1, 0.15) is 37.2 Å². The molecule has 0 aliphatic rings. The van der Waals surface area contributed by atoms with Crippen LogP contribution in [0.3, 0.4) is 0 Å². The summed E-state index contributed by atoms with van der Waals surface area (Å²) in [4.78, 5) is 0. The summed E-state index contributed by atoms with van der Waals surface area (Å²) in [5.74, 6) is -0.190. The molecule has 2 aromatic rings. The van der Waals surface area contributed by atoms with E-state index in [0.29, 0.717) is 6.54 Å². The highest BCUT2D eigenvalue weighted by molar-refractivity contribution is 5.71. The van der Waals surface area contributed by atoms with Gasteiger partial charge in [0.25, 0.3) is 0 Å². The smallest absolute Gasteiger partial charge is 0.123 e. The quantitative estimate of drug-likeness (QED) is 0.819. The normalized spacial score (nSPS) is 11.1. The van der Waals surface area contributed by atoms with E-state index in [0.717, 1.165) is 47.6 Å². The minimum absolute atomic E-state index is 0.190. The molecule has 114 valence electrons. The second-order valence-corrected chi connectivity index (χ2v) is 5.34. The predicted molar refractivity (Wildman–Crippen MR) is 84.8 cm³/mol. The SMILES string of the molecule is CCCNCc1cc(F)ccc1-c1c(C)nn(CC)c1C. The van der Waals surface area contributed by atoms with Crippen LogP contribution in [-0.2, 0) is 13.1 Å². The van der Waals surface area contributed by atoms with Crippen molar-refractivity contribution in [2.45, 2.75) is 47.2 Å². The highest BCUT2D eigenvalue weighted by Crippen LogP contribution is 2.30. The van der Waals surface area contributed by atoms with Crippen LogP contribution in [0.15, 0.2) is 18.2 Å². The zero-order chi connectivity index (χ0) is 15.4. The van der Waals surface area contributed by atoms with Gasteiger partial charge < -0.3 is 5.32 Å². The maximum Gasteiger partial charge on any atom is 0.123 e. The maximum absolute atomic E-state index is 13.6. The van der Waals surface area contributed by atoms with Crippen LogP contribution in [0.25, 0.3) is 11.1 Å². The lowest BCUT2D eigenvalue weighted by Gasteiger charge is -2.12. The van der Waals surface area contributed by atoms with Gasteiger partial charge in [0.1, 0.15) is 5.82 Å². The van der Waals surface area contributed by atoms with Gasteiger partial charge in [0.05, 0.1) is 5.69 Å². The van der Waals surface area contributed by atoms with Gasteiger partial charge in [-0.2, -0.15) is 5.10 Å². The molecule has 0 aliphatic carbocycles. The van der Waals surface area contributed by atoms with Crippen molar-refractivity contribution in [2.75, 3.05) is 6.54 Å². The van der Waals surface area contributed by atoms with E-state index in [1.165, 1.54) is 6.07 Å². The van der Waals surface area contributed by atoms with Crippen molar-refractivity contribution < 1.29 is 4.39 Å². The highest BCUT2D eigenvalue weighted by atomic mass is 19.1. The molecular weight excluding hydrogens is 265 g/mol. The van der Waals surface area contributed by atoms with Gasteiger partial charge >= 0.3 is 0 Å². The summed E-state index contributed by atoms with van der Waals surface area (Å²) in [7, 11) is 0.